The highest BCUT2D eigenvalue weighted by atomic mass is 31.2. The fourth-order valence-electron chi connectivity index (χ4n) is 1.55. The van der Waals surface area contributed by atoms with Crippen molar-refractivity contribution in [3.05, 3.63) is 45.0 Å². The maximum absolute atomic E-state index is 11.5. The molecule has 0 unspecified atom stereocenters. The van der Waals surface area contributed by atoms with E-state index < -0.39 is 25.0 Å². The first kappa shape index (κ1) is 11.8. The van der Waals surface area contributed by atoms with Gasteiger partial charge in [-0.15, -0.1) is 0 Å². The number of H-pyrrole nitrogens is 1. The van der Waals surface area contributed by atoms with Crippen molar-refractivity contribution in [2.24, 2.45) is 0 Å². The number of para-hydroxylation sites is 2. The van der Waals surface area contributed by atoms with Gasteiger partial charge >= 0.3 is 18.7 Å². The normalized spacial score (nSPS) is 11.9. The second-order valence-electron chi connectivity index (χ2n) is 3.51. The molecule has 0 spiro atoms. The third-order valence-corrected chi connectivity index (χ3v) is 2.86. The largest absolute Gasteiger partial charge is 0.345 e. The number of aromatic nitrogens is 2. The Bertz CT molecular complexity index is 726. The summed E-state index contributed by atoms with van der Waals surface area (Å²) in [6, 6.07) is 6.30. The first-order valence-corrected chi connectivity index (χ1v) is 6.45. The van der Waals surface area contributed by atoms with E-state index in [1.165, 1.54) is 6.07 Å². The Morgan fingerprint density at radius 1 is 1.24 bits per heavy atom. The van der Waals surface area contributed by atoms with Crippen molar-refractivity contribution >= 4 is 18.6 Å². The lowest BCUT2D eigenvalue weighted by Crippen LogP contribution is -2.36. The molecule has 0 amide bonds. The minimum Gasteiger partial charge on any atom is -0.323 e. The summed E-state index contributed by atoms with van der Waals surface area (Å²) < 4.78 is 11.7. The number of aromatic amines is 1. The van der Waals surface area contributed by atoms with E-state index in [2.05, 4.69) is 4.98 Å². The minimum absolute atomic E-state index is 0.278. The van der Waals surface area contributed by atoms with Crippen LogP contribution in [0, 0.1) is 0 Å². The smallest absolute Gasteiger partial charge is 0.323 e. The van der Waals surface area contributed by atoms with Gasteiger partial charge in [0.1, 0.15) is 6.29 Å². The highest BCUT2D eigenvalue weighted by Crippen LogP contribution is 2.36. The summed E-state index contributed by atoms with van der Waals surface area (Å²) in [6.07, 6.45) is -0.809. The molecule has 1 aromatic carbocycles. The van der Waals surface area contributed by atoms with Gasteiger partial charge in [-0.25, -0.2) is 0 Å². The van der Waals surface area contributed by atoms with Crippen LogP contribution >= 0.6 is 7.60 Å². The summed E-state index contributed by atoms with van der Waals surface area (Å²) in [5, 5.41) is 0. The lowest BCUT2D eigenvalue weighted by molar-refractivity contribution is 0.362. The van der Waals surface area contributed by atoms with Crippen LogP contribution in [0.15, 0.2) is 33.9 Å². The predicted octanol–water partition coefficient (Wildman–Crippen LogP) is -0.175. The number of hydrogen-bond acceptors (Lipinski definition) is 3. The van der Waals surface area contributed by atoms with E-state index >= 15 is 0 Å². The molecule has 7 nitrogen and oxygen atoms in total. The zero-order chi connectivity index (χ0) is 12.6. The van der Waals surface area contributed by atoms with Crippen molar-refractivity contribution < 1.29 is 14.4 Å². The van der Waals surface area contributed by atoms with Crippen molar-refractivity contribution in [1.29, 1.82) is 0 Å². The molecule has 0 aliphatic rings. The van der Waals surface area contributed by atoms with Gasteiger partial charge in [0.15, 0.2) is 0 Å². The molecule has 0 saturated carbocycles. The molecular weight excluding hydrogens is 247 g/mol. The lowest BCUT2D eigenvalue weighted by Gasteiger charge is -2.10. The van der Waals surface area contributed by atoms with Crippen LogP contribution in [0.5, 0.6) is 0 Å². The first-order chi connectivity index (χ1) is 7.88. The second-order valence-corrected chi connectivity index (χ2v) is 5.12. The van der Waals surface area contributed by atoms with Crippen LogP contribution in [0.4, 0.5) is 0 Å². The molecule has 0 atom stereocenters. The molecule has 1 aromatic heterocycles. The summed E-state index contributed by atoms with van der Waals surface area (Å²) in [7, 11) is -4.43. The summed E-state index contributed by atoms with van der Waals surface area (Å²) in [6.45, 7) is 0. The molecule has 0 fully saturated rings. The molecule has 1 heterocycles. The maximum atomic E-state index is 11.5. The summed E-state index contributed by atoms with van der Waals surface area (Å²) in [5.41, 5.74) is -1.25. The number of nitrogens with zero attached hydrogens (tertiary/aromatic N) is 1. The van der Waals surface area contributed by atoms with Crippen molar-refractivity contribution in [2.45, 2.75) is 6.29 Å². The summed E-state index contributed by atoms with van der Waals surface area (Å²) in [4.78, 5) is 42.9. The average Bonchev–Trinajstić information content (AvgIpc) is 2.23. The summed E-state index contributed by atoms with van der Waals surface area (Å²) >= 11 is 0. The van der Waals surface area contributed by atoms with Gasteiger partial charge in [-0.3, -0.25) is 18.7 Å². The first-order valence-electron chi connectivity index (χ1n) is 4.65. The van der Waals surface area contributed by atoms with Crippen LogP contribution in [0.3, 0.4) is 0 Å². The second kappa shape index (κ2) is 3.96. The molecule has 0 bridgehead atoms. The van der Waals surface area contributed by atoms with E-state index in [4.69, 9.17) is 9.79 Å². The zero-order valence-electron chi connectivity index (χ0n) is 8.53. The van der Waals surface area contributed by atoms with Crippen LogP contribution < -0.4 is 11.1 Å². The molecule has 0 aliphatic heterocycles. The molecule has 0 radical (unpaired) electrons. The van der Waals surface area contributed by atoms with Crippen molar-refractivity contribution in [3.8, 4) is 0 Å². The molecule has 3 N–H and O–H groups in total. The molecule has 90 valence electrons. The van der Waals surface area contributed by atoms with Crippen LogP contribution in [-0.2, 0) is 10.9 Å². The quantitative estimate of drug-likeness (QED) is 0.510. The van der Waals surface area contributed by atoms with Crippen LogP contribution in [0.25, 0.3) is 11.0 Å². The number of hydrogen-bond donors (Lipinski definition) is 3. The van der Waals surface area contributed by atoms with Gasteiger partial charge in [-0.05, 0) is 12.1 Å². The third-order valence-electron chi connectivity index (χ3n) is 2.21. The van der Waals surface area contributed by atoms with Gasteiger partial charge in [-0.2, -0.15) is 0 Å². The molecular formula is C9H9N2O5P. The van der Waals surface area contributed by atoms with E-state index in [0.717, 1.165) is 4.57 Å². The van der Waals surface area contributed by atoms with Gasteiger partial charge in [0.05, 0.1) is 11.0 Å². The van der Waals surface area contributed by atoms with E-state index in [1.54, 1.807) is 18.2 Å². The fraction of sp³-hybridized carbons (Fsp3) is 0.111. The van der Waals surface area contributed by atoms with Gasteiger partial charge in [0, 0.05) is 0 Å². The topological polar surface area (TPSA) is 112 Å². The predicted molar refractivity (Wildman–Crippen MR) is 60.9 cm³/mol. The molecule has 17 heavy (non-hydrogen) atoms. The molecule has 8 heteroatoms. The number of nitrogens with one attached hydrogen (secondary N) is 1. The minimum atomic E-state index is -4.43. The van der Waals surface area contributed by atoms with Crippen LogP contribution in [0.2, 0.25) is 0 Å². The number of rotatable bonds is 2. The Morgan fingerprint density at radius 2 is 1.88 bits per heavy atom. The van der Waals surface area contributed by atoms with Gasteiger partial charge in [-0.1, -0.05) is 12.1 Å². The highest BCUT2D eigenvalue weighted by Gasteiger charge is 2.18. The monoisotopic (exact) mass is 256 g/mol. The number of fused-ring (bicyclic) bond motifs is 1. The Labute approximate surface area is 94.5 Å². The Morgan fingerprint density at radius 3 is 2.53 bits per heavy atom. The van der Waals surface area contributed by atoms with E-state index in [0.29, 0.717) is 5.52 Å². The average molecular weight is 256 g/mol. The Kier molecular flexibility index (Phi) is 2.74. The van der Waals surface area contributed by atoms with E-state index in [-0.39, 0.29) is 5.52 Å². The SMILES string of the molecule is O=c1[nH]c2ccccc2n(CP(=O)(O)O)c1=O. The third kappa shape index (κ3) is 2.36. The standard InChI is InChI=1S/C9H9N2O5P/c12-8-9(13)11(5-17(14,15)16)7-4-2-1-3-6(7)10-8/h1-4H,5H2,(H,10,12)(H2,14,15,16). The van der Waals surface area contributed by atoms with Crippen molar-refractivity contribution in [1.82, 2.24) is 9.55 Å². The van der Waals surface area contributed by atoms with Gasteiger partial charge in [0.2, 0.25) is 0 Å². The number of benzene rings is 1. The lowest BCUT2D eigenvalue weighted by atomic mass is 10.3. The van der Waals surface area contributed by atoms with Gasteiger partial charge in [0.25, 0.3) is 0 Å². The molecule has 0 aliphatic carbocycles. The zero-order valence-corrected chi connectivity index (χ0v) is 9.42. The van der Waals surface area contributed by atoms with Crippen molar-refractivity contribution in [3.63, 3.8) is 0 Å². The van der Waals surface area contributed by atoms with Crippen LogP contribution in [-0.4, -0.2) is 19.3 Å². The molecule has 2 rings (SSSR count). The Balaban J connectivity index is 2.84. The highest BCUT2D eigenvalue weighted by molar-refractivity contribution is 7.50. The van der Waals surface area contributed by atoms with E-state index in [1.807, 2.05) is 0 Å². The van der Waals surface area contributed by atoms with Crippen molar-refractivity contribution in [2.75, 3.05) is 0 Å². The van der Waals surface area contributed by atoms with Gasteiger partial charge < -0.3 is 14.8 Å². The molecule has 2 aromatic rings. The van der Waals surface area contributed by atoms with E-state index in [9.17, 15) is 14.2 Å². The fourth-order valence-corrected chi connectivity index (χ4v) is 2.20. The summed E-state index contributed by atoms with van der Waals surface area (Å²) in [5.74, 6) is 0. The maximum Gasteiger partial charge on any atom is 0.345 e. The molecule has 0 saturated heterocycles. The Hall–Kier alpha value is -1.69. The van der Waals surface area contributed by atoms with Crippen LogP contribution in [0.1, 0.15) is 0 Å².